The summed E-state index contributed by atoms with van der Waals surface area (Å²) in [6.45, 7) is 4.31. The van der Waals surface area contributed by atoms with E-state index in [0.29, 0.717) is 6.54 Å². The Morgan fingerprint density at radius 3 is 2.35 bits per heavy atom. The minimum Gasteiger partial charge on any atom is -0.347 e. The van der Waals surface area contributed by atoms with E-state index in [1.165, 1.54) is 18.6 Å². The number of rotatable bonds is 7. The molecule has 2 aromatic heterocycles. The fourth-order valence-electron chi connectivity index (χ4n) is 3.21. The molecule has 0 atom stereocenters. The zero-order valence-corrected chi connectivity index (χ0v) is 16.5. The number of hydrogen-bond acceptors (Lipinski definition) is 7. The molecule has 0 fully saturated rings. The zero-order valence-electron chi connectivity index (χ0n) is 16.5. The van der Waals surface area contributed by atoms with E-state index in [1.54, 1.807) is 12.4 Å². The Kier molecular flexibility index (Phi) is 5.57. The van der Waals surface area contributed by atoms with E-state index in [4.69, 9.17) is 0 Å². The van der Waals surface area contributed by atoms with Crippen molar-refractivity contribution >= 4 is 24.4 Å². The molecule has 1 aliphatic heterocycles. The molecule has 1 N–H and O–H groups in total. The van der Waals surface area contributed by atoms with E-state index in [0.717, 1.165) is 21.6 Å². The number of amides is 3. The summed E-state index contributed by atoms with van der Waals surface area (Å²) in [6.07, 6.45) is 5.84. The van der Waals surface area contributed by atoms with E-state index in [1.807, 2.05) is 24.3 Å². The lowest BCUT2D eigenvalue weighted by atomic mass is 10.1. The third-order valence-electron chi connectivity index (χ3n) is 4.81. The van der Waals surface area contributed by atoms with Gasteiger partial charge in [0.05, 0.1) is 24.2 Å². The Morgan fingerprint density at radius 1 is 0.968 bits per heavy atom. The molecule has 0 saturated carbocycles. The Hall–Kier alpha value is -4.27. The predicted octanol–water partition coefficient (Wildman–Crippen LogP) is 1.80. The molecule has 3 aromatic rings. The van der Waals surface area contributed by atoms with Gasteiger partial charge in [-0.25, -0.2) is 9.97 Å². The summed E-state index contributed by atoms with van der Waals surface area (Å²) in [5.74, 6) is -1.35. The topological polar surface area (TPSA) is 118 Å². The molecule has 3 amide bonds. The summed E-state index contributed by atoms with van der Waals surface area (Å²) in [4.78, 5) is 54.8. The number of nitrogens with zero attached hydrogens (tertiary/aromatic N) is 5. The average molecular weight is 414 g/mol. The van der Waals surface area contributed by atoms with Gasteiger partial charge in [0, 0.05) is 30.7 Å². The molecular formula is C22H18N6O3. The summed E-state index contributed by atoms with van der Waals surface area (Å²) in [5.41, 5.74) is 2.93. The highest BCUT2D eigenvalue weighted by Crippen LogP contribution is 2.25. The molecule has 31 heavy (non-hydrogen) atoms. The van der Waals surface area contributed by atoms with Gasteiger partial charge in [0.2, 0.25) is 0 Å². The highest BCUT2D eigenvalue weighted by molar-refractivity contribution is 6.21. The lowest BCUT2D eigenvalue weighted by molar-refractivity contribution is 0.0642. The van der Waals surface area contributed by atoms with Crippen LogP contribution in [0.4, 0.5) is 0 Å². The van der Waals surface area contributed by atoms with Crippen molar-refractivity contribution in [2.45, 2.75) is 19.6 Å². The van der Waals surface area contributed by atoms with Crippen molar-refractivity contribution in [2.75, 3.05) is 0 Å². The number of fused-ring (bicyclic) bond motifs is 1. The maximum atomic E-state index is 12.8. The van der Waals surface area contributed by atoms with Gasteiger partial charge in [0.25, 0.3) is 17.7 Å². The number of aliphatic imine (C=N–C) groups is 1. The first-order chi connectivity index (χ1) is 15.1. The van der Waals surface area contributed by atoms with Crippen LogP contribution in [0.1, 0.15) is 47.9 Å². The SMILES string of the molecule is C=NCc1ccc(CN2C(=O)c3cnc(C(=O)NCc4cncnc4)cc3C2=O)cc1. The first-order valence-corrected chi connectivity index (χ1v) is 9.45. The van der Waals surface area contributed by atoms with Crippen molar-refractivity contribution in [3.8, 4) is 0 Å². The molecule has 9 heteroatoms. The molecule has 1 aromatic carbocycles. The Balaban J connectivity index is 1.47. The summed E-state index contributed by atoms with van der Waals surface area (Å²) >= 11 is 0. The number of hydrogen-bond donors (Lipinski definition) is 1. The predicted molar refractivity (Wildman–Crippen MR) is 111 cm³/mol. The number of carbonyl (C=O) groups excluding carboxylic acids is 3. The summed E-state index contributed by atoms with van der Waals surface area (Å²) in [5, 5.41) is 2.70. The fourth-order valence-corrected chi connectivity index (χ4v) is 3.21. The van der Waals surface area contributed by atoms with Gasteiger partial charge in [-0.1, -0.05) is 24.3 Å². The summed E-state index contributed by atoms with van der Waals surface area (Å²) < 4.78 is 0. The first kappa shape index (κ1) is 20.0. The van der Waals surface area contributed by atoms with Crippen LogP contribution in [0.3, 0.4) is 0 Å². The molecule has 4 rings (SSSR count). The van der Waals surface area contributed by atoms with Crippen molar-refractivity contribution < 1.29 is 14.4 Å². The Morgan fingerprint density at radius 2 is 1.65 bits per heavy atom. The van der Waals surface area contributed by atoms with Crippen LogP contribution in [0.5, 0.6) is 0 Å². The number of aromatic nitrogens is 3. The van der Waals surface area contributed by atoms with Crippen LogP contribution in [0, 0.1) is 0 Å². The van der Waals surface area contributed by atoms with E-state index >= 15 is 0 Å². The van der Waals surface area contributed by atoms with Gasteiger partial charge in [-0.2, -0.15) is 0 Å². The molecule has 0 radical (unpaired) electrons. The highest BCUT2D eigenvalue weighted by Gasteiger charge is 2.36. The molecule has 0 bridgehead atoms. The molecule has 1 aliphatic rings. The van der Waals surface area contributed by atoms with Crippen molar-refractivity contribution in [1.82, 2.24) is 25.2 Å². The third kappa shape index (κ3) is 4.20. The van der Waals surface area contributed by atoms with Crippen molar-refractivity contribution in [3.05, 3.63) is 88.8 Å². The van der Waals surface area contributed by atoms with Crippen molar-refractivity contribution in [1.29, 1.82) is 0 Å². The molecular weight excluding hydrogens is 396 g/mol. The monoisotopic (exact) mass is 414 g/mol. The highest BCUT2D eigenvalue weighted by atomic mass is 16.2. The Labute approximate surface area is 177 Å². The van der Waals surface area contributed by atoms with Crippen LogP contribution in [0.2, 0.25) is 0 Å². The lowest BCUT2D eigenvalue weighted by Gasteiger charge is -2.14. The molecule has 0 unspecified atom stereocenters. The molecule has 0 spiro atoms. The molecule has 3 heterocycles. The number of pyridine rings is 1. The van der Waals surface area contributed by atoms with Gasteiger partial charge in [0.15, 0.2) is 0 Å². The van der Waals surface area contributed by atoms with Gasteiger partial charge in [-0.15, -0.1) is 0 Å². The molecule has 0 aliphatic carbocycles. The second-order valence-corrected chi connectivity index (χ2v) is 6.94. The number of imide groups is 1. The van der Waals surface area contributed by atoms with Crippen LogP contribution in [0.15, 0.2) is 60.2 Å². The Bertz CT molecular complexity index is 1160. The number of nitrogens with one attached hydrogen (secondary N) is 1. The number of benzene rings is 1. The van der Waals surface area contributed by atoms with Crippen molar-refractivity contribution in [3.63, 3.8) is 0 Å². The van der Waals surface area contributed by atoms with Gasteiger partial charge in [-0.3, -0.25) is 29.3 Å². The second-order valence-electron chi connectivity index (χ2n) is 6.94. The van der Waals surface area contributed by atoms with Crippen LogP contribution < -0.4 is 5.32 Å². The second kappa shape index (κ2) is 8.62. The average Bonchev–Trinajstić information content (AvgIpc) is 3.04. The van der Waals surface area contributed by atoms with Crippen LogP contribution >= 0.6 is 0 Å². The molecule has 154 valence electrons. The van der Waals surface area contributed by atoms with E-state index in [9.17, 15) is 14.4 Å². The van der Waals surface area contributed by atoms with Crippen molar-refractivity contribution in [2.24, 2.45) is 4.99 Å². The minimum absolute atomic E-state index is 0.0554. The maximum Gasteiger partial charge on any atom is 0.270 e. The standard InChI is InChI=1S/C22H18N6O3/c1-23-7-14-2-4-15(5-3-14)12-28-21(30)17-6-19(26-11-18(17)22(28)31)20(29)27-10-16-8-24-13-25-9-16/h2-6,8-9,11,13H,1,7,10,12H2,(H,27,29). The quantitative estimate of drug-likeness (QED) is 0.465. The largest absolute Gasteiger partial charge is 0.347 e. The smallest absolute Gasteiger partial charge is 0.270 e. The minimum atomic E-state index is -0.461. The maximum absolute atomic E-state index is 12.8. The summed E-state index contributed by atoms with van der Waals surface area (Å²) in [6, 6.07) is 8.79. The molecule has 9 nitrogen and oxygen atoms in total. The first-order valence-electron chi connectivity index (χ1n) is 9.45. The van der Waals surface area contributed by atoms with Gasteiger partial charge >= 0.3 is 0 Å². The van der Waals surface area contributed by atoms with Crippen LogP contribution in [-0.2, 0) is 19.6 Å². The normalized spacial score (nSPS) is 12.6. The fraction of sp³-hybridized carbons (Fsp3) is 0.136. The van der Waals surface area contributed by atoms with Gasteiger partial charge in [-0.05, 0) is 23.9 Å². The number of carbonyl (C=O) groups is 3. The lowest BCUT2D eigenvalue weighted by Crippen LogP contribution is -2.29. The zero-order chi connectivity index (χ0) is 21.8. The van der Waals surface area contributed by atoms with Crippen LogP contribution in [-0.4, -0.2) is 44.3 Å². The molecule has 0 saturated heterocycles. The van der Waals surface area contributed by atoms with Gasteiger partial charge < -0.3 is 5.32 Å². The van der Waals surface area contributed by atoms with E-state index in [-0.39, 0.29) is 29.9 Å². The third-order valence-corrected chi connectivity index (χ3v) is 4.81. The van der Waals surface area contributed by atoms with E-state index in [2.05, 4.69) is 32.0 Å². The van der Waals surface area contributed by atoms with E-state index < -0.39 is 17.7 Å². The summed E-state index contributed by atoms with van der Waals surface area (Å²) in [7, 11) is 0. The van der Waals surface area contributed by atoms with Gasteiger partial charge in [0.1, 0.15) is 12.0 Å². The van der Waals surface area contributed by atoms with Crippen LogP contribution in [0.25, 0.3) is 0 Å².